The standard InChI is InChI=1S/C22H16N8O/c1-13-20(31-12-26-13)19-18(15-7-5-14(11-23)6-8-15)28-21(24)22-27-17(29-30(19)22)10-16-4-2-3-9-25-16/h2-9,12H,10H2,1H3,(H2,24,28). The average molecular weight is 408 g/mol. The molecule has 0 spiro atoms. The Balaban J connectivity index is 1.75. The molecule has 150 valence electrons. The molecule has 2 N–H and O–H groups in total. The van der Waals surface area contributed by atoms with E-state index in [1.54, 1.807) is 22.8 Å². The van der Waals surface area contributed by atoms with E-state index < -0.39 is 0 Å². The largest absolute Gasteiger partial charge is 0.441 e. The van der Waals surface area contributed by atoms with E-state index in [4.69, 9.17) is 20.5 Å². The predicted molar refractivity (Wildman–Crippen MR) is 113 cm³/mol. The number of nitrogens with two attached hydrogens (primary N) is 1. The van der Waals surface area contributed by atoms with Gasteiger partial charge < -0.3 is 10.2 Å². The molecule has 31 heavy (non-hydrogen) atoms. The number of aryl methyl sites for hydroxylation is 1. The molecule has 9 nitrogen and oxygen atoms in total. The Morgan fingerprint density at radius 2 is 1.94 bits per heavy atom. The first kappa shape index (κ1) is 18.4. The van der Waals surface area contributed by atoms with E-state index >= 15 is 0 Å². The van der Waals surface area contributed by atoms with Crippen LogP contribution in [0.2, 0.25) is 0 Å². The van der Waals surface area contributed by atoms with Crippen LogP contribution >= 0.6 is 0 Å². The molecule has 0 atom stereocenters. The van der Waals surface area contributed by atoms with Crippen LogP contribution in [0.15, 0.2) is 59.5 Å². The fraction of sp³-hybridized carbons (Fsp3) is 0.0909. The Morgan fingerprint density at radius 3 is 2.61 bits per heavy atom. The summed E-state index contributed by atoms with van der Waals surface area (Å²) in [5.41, 5.74) is 10.7. The predicted octanol–water partition coefficient (Wildman–Crippen LogP) is 3.19. The lowest BCUT2D eigenvalue weighted by Crippen LogP contribution is -2.05. The third-order valence-corrected chi connectivity index (χ3v) is 4.86. The second kappa shape index (κ2) is 7.35. The van der Waals surface area contributed by atoms with Gasteiger partial charge >= 0.3 is 0 Å². The fourth-order valence-corrected chi connectivity index (χ4v) is 3.38. The smallest absolute Gasteiger partial charge is 0.199 e. The Kier molecular flexibility index (Phi) is 4.37. The highest BCUT2D eigenvalue weighted by Crippen LogP contribution is 2.34. The van der Waals surface area contributed by atoms with Crippen molar-refractivity contribution >= 4 is 11.5 Å². The molecule has 4 heterocycles. The van der Waals surface area contributed by atoms with Crippen LogP contribution in [0, 0.1) is 18.3 Å². The molecule has 0 aliphatic rings. The van der Waals surface area contributed by atoms with Gasteiger partial charge in [0.2, 0.25) is 0 Å². The summed E-state index contributed by atoms with van der Waals surface area (Å²) in [4.78, 5) is 17.8. The third kappa shape index (κ3) is 3.26. The van der Waals surface area contributed by atoms with Crippen LogP contribution in [0.5, 0.6) is 0 Å². The van der Waals surface area contributed by atoms with E-state index in [1.165, 1.54) is 6.39 Å². The number of oxazole rings is 1. The van der Waals surface area contributed by atoms with Crippen LogP contribution in [0.3, 0.4) is 0 Å². The van der Waals surface area contributed by atoms with Crippen molar-refractivity contribution in [1.29, 1.82) is 5.26 Å². The zero-order chi connectivity index (χ0) is 21.4. The molecule has 0 saturated heterocycles. The summed E-state index contributed by atoms with van der Waals surface area (Å²) in [5, 5.41) is 13.8. The summed E-state index contributed by atoms with van der Waals surface area (Å²) in [6.07, 6.45) is 3.55. The van der Waals surface area contributed by atoms with E-state index in [2.05, 4.69) is 26.0 Å². The maximum atomic E-state index is 9.11. The van der Waals surface area contributed by atoms with Gasteiger partial charge in [-0.3, -0.25) is 4.98 Å². The number of pyridine rings is 1. The van der Waals surface area contributed by atoms with Crippen molar-refractivity contribution in [3.63, 3.8) is 0 Å². The Bertz CT molecular complexity index is 1430. The van der Waals surface area contributed by atoms with Crippen molar-refractivity contribution in [2.45, 2.75) is 13.3 Å². The van der Waals surface area contributed by atoms with E-state index in [0.29, 0.717) is 46.3 Å². The molecule has 0 unspecified atom stereocenters. The molecule has 9 heteroatoms. The molecule has 0 amide bonds. The van der Waals surface area contributed by atoms with Crippen molar-refractivity contribution < 1.29 is 4.42 Å². The van der Waals surface area contributed by atoms with Crippen molar-refractivity contribution in [1.82, 2.24) is 29.5 Å². The monoisotopic (exact) mass is 408 g/mol. The maximum absolute atomic E-state index is 9.11. The number of nitriles is 1. The quantitative estimate of drug-likeness (QED) is 0.479. The zero-order valence-corrected chi connectivity index (χ0v) is 16.5. The number of nitrogens with zero attached hydrogens (tertiary/aromatic N) is 7. The van der Waals surface area contributed by atoms with Gasteiger partial charge in [-0.25, -0.2) is 19.5 Å². The lowest BCUT2D eigenvalue weighted by molar-refractivity contribution is 0.567. The summed E-state index contributed by atoms with van der Waals surface area (Å²) in [6, 6.07) is 14.9. The Hall–Kier alpha value is -4.58. The van der Waals surface area contributed by atoms with Gasteiger partial charge in [-0.2, -0.15) is 5.26 Å². The lowest BCUT2D eigenvalue weighted by Gasteiger charge is -2.11. The average Bonchev–Trinajstić information content (AvgIpc) is 3.41. The molecular weight excluding hydrogens is 392 g/mol. The van der Waals surface area contributed by atoms with E-state index in [0.717, 1.165) is 11.3 Å². The number of hydrogen-bond acceptors (Lipinski definition) is 8. The first-order valence-corrected chi connectivity index (χ1v) is 9.50. The second-order valence-electron chi connectivity index (χ2n) is 6.91. The molecule has 0 aliphatic heterocycles. The summed E-state index contributed by atoms with van der Waals surface area (Å²) >= 11 is 0. The van der Waals surface area contributed by atoms with Gasteiger partial charge in [-0.1, -0.05) is 18.2 Å². The number of hydrogen-bond donors (Lipinski definition) is 1. The van der Waals surface area contributed by atoms with Gasteiger partial charge in [0.05, 0.1) is 23.7 Å². The molecule has 0 aliphatic carbocycles. The highest BCUT2D eigenvalue weighted by molar-refractivity contribution is 5.81. The number of benzene rings is 1. The lowest BCUT2D eigenvalue weighted by atomic mass is 10.1. The number of rotatable bonds is 4. The van der Waals surface area contributed by atoms with Crippen LogP contribution in [0.1, 0.15) is 22.8 Å². The molecular formula is C22H16N8O. The Morgan fingerprint density at radius 1 is 1.10 bits per heavy atom. The van der Waals surface area contributed by atoms with Gasteiger partial charge in [0.25, 0.3) is 0 Å². The molecule has 1 aromatic carbocycles. The highest BCUT2D eigenvalue weighted by atomic mass is 16.3. The topological polar surface area (TPSA) is 132 Å². The van der Waals surface area contributed by atoms with Crippen molar-refractivity contribution in [3.8, 4) is 28.8 Å². The highest BCUT2D eigenvalue weighted by Gasteiger charge is 2.23. The summed E-state index contributed by atoms with van der Waals surface area (Å²) in [6.45, 7) is 1.84. The minimum Gasteiger partial charge on any atom is -0.441 e. The van der Waals surface area contributed by atoms with Crippen molar-refractivity contribution in [2.24, 2.45) is 0 Å². The molecule has 5 aromatic rings. The first-order valence-electron chi connectivity index (χ1n) is 9.50. The summed E-state index contributed by atoms with van der Waals surface area (Å²) in [7, 11) is 0. The molecule has 0 radical (unpaired) electrons. The van der Waals surface area contributed by atoms with Crippen molar-refractivity contribution in [2.75, 3.05) is 5.73 Å². The summed E-state index contributed by atoms with van der Waals surface area (Å²) < 4.78 is 7.33. The van der Waals surface area contributed by atoms with Crippen LogP contribution in [-0.2, 0) is 6.42 Å². The number of aromatic nitrogens is 6. The molecule has 4 aromatic heterocycles. The van der Waals surface area contributed by atoms with Crippen LogP contribution < -0.4 is 5.73 Å². The first-order chi connectivity index (χ1) is 15.1. The minimum absolute atomic E-state index is 0.236. The maximum Gasteiger partial charge on any atom is 0.199 e. The number of nitrogen functional groups attached to an aromatic ring is 1. The van der Waals surface area contributed by atoms with Gasteiger partial charge in [0.15, 0.2) is 29.4 Å². The SMILES string of the molecule is Cc1ncoc1-c1c(-c2ccc(C#N)cc2)nc(N)c2nc(Cc3ccccn3)nn12. The Labute approximate surface area is 176 Å². The minimum atomic E-state index is 0.236. The third-order valence-electron chi connectivity index (χ3n) is 4.86. The molecule has 0 saturated carbocycles. The number of anilines is 1. The number of fused-ring (bicyclic) bond motifs is 1. The summed E-state index contributed by atoms with van der Waals surface area (Å²) in [5.74, 6) is 1.31. The van der Waals surface area contributed by atoms with Crippen LogP contribution in [0.25, 0.3) is 28.4 Å². The van der Waals surface area contributed by atoms with E-state index in [1.807, 2.05) is 37.3 Å². The zero-order valence-electron chi connectivity index (χ0n) is 16.5. The molecule has 0 fully saturated rings. The second-order valence-corrected chi connectivity index (χ2v) is 6.91. The van der Waals surface area contributed by atoms with Crippen molar-refractivity contribution in [3.05, 3.63) is 77.8 Å². The van der Waals surface area contributed by atoms with Gasteiger partial charge in [-0.05, 0) is 31.2 Å². The van der Waals surface area contributed by atoms with Gasteiger partial charge in [0.1, 0.15) is 11.4 Å². The van der Waals surface area contributed by atoms with E-state index in [-0.39, 0.29) is 5.82 Å². The molecule has 5 rings (SSSR count). The van der Waals surface area contributed by atoms with Crippen LogP contribution in [0.4, 0.5) is 5.82 Å². The van der Waals surface area contributed by atoms with Crippen LogP contribution in [-0.4, -0.2) is 29.5 Å². The van der Waals surface area contributed by atoms with Gasteiger partial charge in [0, 0.05) is 17.5 Å². The van der Waals surface area contributed by atoms with Gasteiger partial charge in [-0.15, -0.1) is 5.10 Å². The normalized spacial score (nSPS) is 11.0. The fourth-order valence-electron chi connectivity index (χ4n) is 3.38. The molecule has 0 bridgehead atoms. The van der Waals surface area contributed by atoms with E-state index in [9.17, 15) is 0 Å².